The average molecular weight is 311 g/mol. The number of rotatable bonds is 9. The van der Waals surface area contributed by atoms with Crippen LogP contribution in [0.25, 0.3) is 0 Å². The van der Waals surface area contributed by atoms with Crippen molar-refractivity contribution in [2.24, 2.45) is 0 Å². The van der Waals surface area contributed by atoms with Gasteiger partial charge in [0.25, 0.3) is 0 Å². The number of ether oxygens (including phenoxy) is 1. The van der Waals surface area contributed by atoms with Gasteiger partial charge in [-0.05, 0) is 36.1 Å². The first-order valence-corrected chi connectivity index (χ1v) is 8.78. The second kappa shape index (κ2) is 8.20. The Kier molecular flexibility index (Phi) is 6.92. The second-order valence-electron chi connectivity index (χ2n) is 5.20. The first kappa shape index (κ1) is 17.7. The zero-order chi connectivity index (χ0) is 15.9. The van der Waals surface area contributed by atoms with E-state index in [9.17, 15) is 8.42 Å². The van der Waals surface area contributed by atoms with Gasteiger partial charge in [0.1, 0.15) is 5.75 Å². The third-order valence-corrected chi connectivity index (χ3v) is 4.51. The molecule has 0 amide bonds. The first-order chi connectivity index (χ1) is 9.92. The smallest absolute Gasteiger partial charge is 0.240 e. The number of sulfonamides is 1. The Labute approximate surface area is 128 Å². The fourth-order valence-electron chi connectivity index (χ4n) is 1.85. The molecule has 0 heterocycles. The van der Waals surface area contributed by atoms with Gasteiger partial charge in [-0.15, -0.1) is 6.58 Å². The van der Waals surface area contributed by atoms with Crippen molar-refractivity contribution in [3.05, 3.63) is 36.4 Å². The quantitative estimate of drug-likeness (QED) is 0.561. The zero-order valence-electron chi connectivity index (χ0n) is 13.1. The van der Waals surface area contributed by atoms with Gasteiger partial charge in [-0.3, -0.25) is 0 Å². The molecule has 1 aromatic rings. The summed E-state index contributed by atoms with van der Waals surface area (Å²) in [6.45, 7) is 10.5. The third kappa shape index (κ3) is 5.17. The van der Waals surface area contributed by atoms with Crippen LogP contribution in [-0.2, 0) is 10.0 Å². The van der Waals surface area contributed by atoms with E-state index in [0.29, 0.717) is 6.61 Å². The molecule has 0 saturated heterocycles. The normalized spacial score (nSPS) is 11.6. The average Bonchev–Trinajstić information content (AvgIpc) is 2.45. The summed E-state index contributed by atoms with van der Waals surface area (Å²) < 4.78 is 32.5. The van der Waals surface area contributed by atoms with E-state index < -0.39 is 10.0 Å². The van der Waals surface area contributed by atoms with Crippen LogP contribution in [0, 0.1) is 0 Å². The molecule has 0 bridgehead atoms. The lowest BCUT2D eigenvalue weighted by Crippen LogP contribution is -2.23. The highest BCUT2D eigenvalue weighted by atomic mass is 32.2. The van der Waals surface area contributed by atoms with Gasteiger partial charge < -0.3 is 4.74 Å². The fourth-order valence-corrected chi connectivity index (χ4v) is 2.89. The Bertz CT molecular complexity index is 565. The molecule has 0 unspecified atom stereocenters. The zero-order valence-corrected chi connectivity index (χ0v) is 13.9. The lowest BCUT2D eigenvalue weighted by molar-refractivity contribution is 0.305. The largest absolute Gasteiger partial charge is 0.493 e. The minimum Gasteiger partial charge on any atom is -0.493 e. The number of benzene rings is 1. The van der Waals surface area contributed by atoms with Crippen molar-refractivity contribution < 1.29 is 13.2 Å². The number of hydrogen-bond donors (Lipinski definition) is 1. The summed E-state index contributed by atoms with van der Waals surface area (Å²) in [6.07, 6.45) is 3.57. The molecule has 0 radical (unpaired) electrons. The van der Waals surface area contributed by atoms with E-state index in [2.05, 4.69) is 18.2 Å². The molecule has 0 saturated carbocycles. The maximum atomic E-state index is 12.1. The van der Waals surface area contributed by atoms with Crippen molar-refractivity contribution in [1.82, 2.24) is 4.72 Å². The predicted molar refractivity (Wildman–Crippen MR) is 86.3 cm³/mol. The molecule has 5 heteroatoms. The summed E-state index contributed by atoms with van der Waals surface area (Å²) in [5.74, 6) is 0.956. The summed E-state index contributed by atoms with van der Waals surface area (Å²) in [5, 5.41) is 0. The molecule has 1 rings (SSSR count). The molecule has 21 heavy (non-hydrogen) atoms. The van der Waals surface area contributed by atoms with Gasteiger partial charge in [-0.1, -0.05) is 33.3 Å². The molecule has 118 valence electrons. The van der Waals surface area contributed by atoms with Crippen molar-refractivity contribution in [3.8, 4) is 5.75 Å². The minimum atomic E-state index is -3.50. The van der Waals surface area contributed by atoms with E-state index in [4.69, 9.17) is 4.74 Å². The topological polar surface area (TPSA) is 55.4 Å². The molecule has 0 aliphatic carbocycles. The fraction of sp³-hybridized carbons (Fsp3) is 0.500. The Hall–Kier alpha value is -1.33. The van der Waals surface area contributed by atoms with E-state index in [-0.39, 0.29) is 17.4 Å². The Balaban J connectivity index is 3.05. The molecule has 0 aliphatic rings. The Morgan fingerprint density at radius 3 is 2.67 bits per heavy atom. The minimum absolute atomic E-state index is 0.191. The van der Waals surface area contributed by atoms with Gasteiger partial charge in [0.2, 0.25) is 10.0 Å². The molecule has 1 N–H and O–H groups in total. The summed E-state index contributed by atoms with van der Waals surface area (Å²) in [7, 11) is -3.50. The molecular weight excluding hydrogens is 286 g/mol. The Morgan fingerprint density at radius 1 is 1.38 bits per heavy atom. The van der Waals surface area contributed by atoms with Crippen LogP contribution in [-0.4, -0.2) is 21.6 Å². The van der Waals surface area contributed by atoms with Crippen LogP contribution in [0.1, 0.15) is 45.1 Å². The monoisotopic (exact) mass is 311 g/mol. The molecule has 0 aromatic heterocycles. The van der Waals surface area contributed by atoms with Crippen molar-refractivity contribution >= 4 is 10.0 Å². The van der Waals surface area contributed by atoms with Crippen molar-refractivity contribution in [2.45, 2.75) is 44.4 Å². The predicted octanol–water partition coefficient (Wildman–Crippen LogP) is 3.45. The highest BCUT2D eigenvalue weighted by Crippen LogP contribution is 2.29. The van der Waals surface area contributed by atoms with Gasteiger partial charge >= 0.3 is 0 Å². The maximum Gasteiger partial charge on any atom is 0.240 e. The van der Waals surface area contributed by atoms with Crippen LogP contribution < -0.4 is 9.46 Å². The summed E-state index contributed by atoms with van der Waals surface area (Å²) in [4.78, 5) is 0.260. The third-order valence-electron chi connectivity index (χ3n) is 3.09. The SMILES string of the molecule is C=CCNS(=O)(=O)c1ccc(OCCCC)c(C(C)C)c1. The molecule has 4 nitrogen and oxygen atoms in total. The van der Waals surface area contributed by atoms with Gasteiger partial charge in [-0.2, -0.15) is 0 Å². The van der Waals surface area contributed by atoms with Crippen LogP contribution in [0.3, 0.4) is 0 Å². The highest BCUT2D eigenvalue weighted by Gasteiger charge is 2.17. The van der Waals surface area contributed by atoms with E-state index in [1.165, 1.54) is 6.08 Å². The molecule has 0 spiro atoms. The summed E-state index contributed by atoms with van der Waals surface area (Å²) in [5.41, 5.74) is 0.910. The molecular formula is C16H25NO3S. The number of hydrogen-bond acceptors (Lipinski definition) is 3. The first-order valence-electron chi connectivity index (χ1n) is 7.29. The molecule has 0 aliphatic heterocycles. The van der Waals surface area contributed by atoms with E-state index in [1.54, 1.807) is 18.2 Å². The second-order valence-corrected chi connectivity index (χ2v) is 6.96. The standard InChI is InChI=1S/C16H25NO3S/c1-5-7-11-20-16-9-8-14(12-15(16)13(3)4)21(18,19)17-10-6-2/h6,8-9,12-13,17H,2,5,7,10-11H2,1,3-4H3. The summed E-state index contributed by atoms with van der Waals surface area (Å²) >= 11 is 0. The van der Waals surface area contributed by atoms with Gasteiger partial charge in [0.15, 0.2) is 0 Å². The van der Waals surface area contributed by atoms with Gasteiger partial charge in [0, 0.05) is 6.54 Å². The van der Waals surface area contributed by atoms with Crippen LogP contribution in [0.2, 0.25) is 0 Å². The van der Waals surface area contributed by atoms with Crippen LogP contribution in [0.4, 0.5) is 0 Å². The van der Waals surface area contributed by atoms with Gasteiger partial charge in [-0.25, -0.2) is 13.1 Å². The molecule has 1 aromatic carbocycles. The molecule has 0 fully saturated rings. The maximum absolute atomic E-state index is 12.1. The van der Waals surface area contributed by atoms with Crippen LogP contribution in [0.5, 0.6) is 5.75 Å². The van der Waals surface area contributed by atoms with Crippen LogP contribution >= 0.6 is 0 Å². The van der Waals surface area contributed by atoms with E-state index >= 15 is 0 Å². The van der Waals surface area contributed by atoms with Crippen molar-refractivity contribution in [2.75, 3.05) is 13.2 Å². The molecule has 0 atom stereocenters. The Morgan fingerprint density at radius 2 is 2.10 bits per heavy atom. The lowest BCUT2D eigenvalue weighted by atomic mass is 10.0. The lowest BCUT2D eigenvalue weighted by Gasteiger charge is -2.15. The van der Waals surface area contributed by atoms with E-state index in [0.717, 1.165) is 24.2 Å². The van der Waals surface area contributed by atoms with Crippen molar-refractivity contribution in [1.29, 1.82) is 0 Å². The van der Waals surface area contributed by atoms with E-state index in [1.807, 2.05) is 13.8 Å². The van der Waals surface area contributed by atoms with Crippen molar-refractivity contribution in [3.63, 3.8) is 0 Å². The number of nitrogens with one attached hydrogen (secondary N) is 1. The van der Waals surface area contributed by atoms with Crippen LogP contribution in [0.15, 0.2) is 35.7 Å². The summed E-state index contributed by atoms with van der Waals surface area (Å²) in [6, 6.07) is 5.02. The highest BCUT2D eigenvalue weighted by molar-refractivity contribution is 7.89. The van der Waals surface area contributed by atoms with Gasteiger partial charge in [0.05, 0.1) is 11.5 Å². The number of unbranched alkanes of at least 4 members (excludes halogenated alkanes) is 1.